The number of nitrogens with two attached hydrogens (primary N) is 1. The van der Waals surface area contributed by atoms with Gasteiger partial charge in [-0.3, -0.25) is 4.79 Å². The van der Waals surface area contributed by atoms with Crippen LogP contribution in [0.2, 0.25) is 0 Å². The Balaban J connectivity index is 2.30. The smallest absolute Gasteiger partial charge is 0.255 e. The Kier molecular flexibility index (Phi) is 4.08. The van der Waals surface area contributed by atoms with Crippen LogP contribution in [0.5, 0.6) is 0 Å². The van der Waals surface area contributed by atoms with Gasteiger partial charge in [-0.15, -0.1) is 0 Å². The highest BCUT2D eigenvalue weighted by molar-refractivity contribution is 6.04. The van der Waals surface area contributed by atoms with E-state index in [9.17, 15) is 18.0 Å². The molecule has 21 heavy (non-hydrogen) atoms. The second-order valence-electron chi connectivity index (χ2n) is 4.23. The van der Waals surface area contributed by atoms with Crippen molar-refractivity contribution in [3.63, 3.8) is 0 Å². The molecule has 1 aromatic carbocycles. The molecule has 1 aromatic heterocycles. The number of hydrogen-bond acceptors (Lipinski definition) is 4. The first-order chi connectivity index (χ1) is 9.90. The SMILES string of the molecule is Cc1cc(C(=O)Nc2cc(F)c(F)cc2F)cc(NN)n1. The number of nitrogen functional groups attached to an aromatic ring is 1. The zero-order chi connectivity index (χ0) is 15.6. The predicted molar refractivity (Wildman–Crippen MR) is 71.1 cm³/mol. The molecule has 0 radical (unpaired) electrons. The van der Waals surface area contributed by atoms with Gasteiger partial charge >= 0.3 is 0 Å². The molecular weight excluding hydrogens is 285 g/mol. The number of nitrogens with zero attached hydrogens (tertiary/aromatic N) is 1. The summed E-state index contributed by atoms with van der Waals surface area (Å²) in [6.45, 7) is 1.63. The van der Waals surface area contributed by atoms with E-state index in [0.29, 0.717) is 17.8 Å². The fourth-order valence-electron chi connectivity index (χ4n) is 1.69. The molecule has 2 aromatic rings. The summed E-state index contributed by atoms with van der Waals surface area (Å²) in [5, 5.41) is 2.16. The molecule has 8 heteroatoms. The Morgan fingerprint density at radius 1 is 1.10 bits per heavy atom. The van der Waals surface area contributed by atoms with E-state index in [-0.39, 0.29) is 11.4 Å². The average molecular weight is 296 g/mol. The molecule has 5 nitrogen and oxygen atoms in total. The molecule has 0 unspecified atom stereocenters. The van der Waals surface area contributed by atoms with Gasteiger partial charge in [0, 0.05) is 23.4 Å². The second kappa shape index (κ2) is 5.80. The molecule has 0 saturated heterocycles. The first kappa shape index (κ1) is 14.8. The maximum absolute atomic E-state index is 13.5. The lowest BCUT2D eigenvalue weighted by molar-refractivity contribution is 0.102. The topological polar surface area (TPSA) is 80.0 Å². The van der Waals surface area contributed by atoms with Crippen LogP contribution in [0.4, 0.5) is 24.7 Å². The lowest BCUT2D eigenvalue weighted by Gasteiger charge is -2.09. The Labute approximate surface area is 118 Å². The minimum Gasteiger partial charge on any atom is -0.319 e. The molecule has 0 fully saturated rings. The number of amides is 1. The third-order valence-corrected chi connectivity index (χ3v) is 2.62. The summed E-state index contributed by atoms with van der Waals surface area (Å²) in [5.41, 5.74) is 2.46. The molecule has 0 aliphatic heterocycles. The number of pyridine rings is 1. The molecule has 1 amide bonds. The van der Waals surface area contributed by atoms with Crippen molar-refractivity contribution in [2.75, 3.05) is 10.7 Å². The average Bonchev–Trinajstić information content (AvgIpc) is 2.43. The zero-order valence-electron chi connectivity index (χ0n) is 10.9. The van der Waals surface area contributed by atoms with E-state index in [4.69, 9.17) is 5.84 Å². The quantitative estimate of drug-likeness (QED) is 0.461. The standard InChI is InChI=1S/C13H11F3N4O/c1-6-2-7(3-12(18-6)20-17)13(21)19-11-5-9(15)8(14)4-10(11)16/h2-5H,17H2,1H3,(H,18,20)(H,19,21). The summed E-state index contributed by atoms with van der Waals surface area (Å²) in [6, 6.07) is 3.70. The molecule has 1 heterocycles. The summed E-state index contributed by atoms with van der Waals surface area (Å²) in [5.74, 6) is 1.07. The highest BCUT2D eigenvalue weighted by Crippen LogP contribution is 2.19. The van der Waals surface area contributed by atoms with Crippen molar-refractivity contribution in [3.8, 4) is 0 Å². The van der Waals surface area contributed by atoms with Gasteiger partial charge in [0.05, 0.1) is 5.69 Å². The van der Waals surface area contributed by atoms with Crippen LogP contribution in [0.25, 0.3) is 0 Å². The minimum absolute atomic E-state index is 0.139. The number of anilines is 2. The molecule has 0 bridgehead atoms. The number of aryl methyl sites for hydroxylation is 1. The Bertz CT molecular complexity index is 706. The molecule has 0 aliphatic rings. The predicted octanol–water partition coefficient (Wildman–Crippen LogP) is 2.35. The number of carbonyl (C=O) groups excluding carboxylic acids is 1. The molecule has 110 valence electrons. The van der Waals surface area contributed by atoms with Crippen molar-refractivity contribution in [2.45, 2.75) is 6.92 Å². The lowest BCUT2D eigenvalue weighted by Crippen LogP contribution is -2.16. The van der Waals surface area contributed by atoms with E-state index >= 15 is 0 Å². The van der Waals surface area contributed by atoms with Crippen molar-refractivity contribution >= 4 is 17.4 Å². The Morgan fingerprint density at radius 2 is 1.76 bits per heavy atom. The van der Waals surface area contributed by atoms with Crippen molar-refractivity contribution in [3.05, 3.63) is 53.0 Å². The second-order valence-corrected chi connectivity index (χ2v) is 4.23. The van der Waals surface area contributed by atoms with E-state index in [1.807, 2.05) is 0 Å². The van der Waals surface area contributed by atoms with Gasteiger partial charge in [-0.2, -0.15) is 0 Å². The van der Waals surface area contributed by atoms with Crippen LogP contribution in [0, 0.1) is 24.4 Å². The van der Waals surface area contributed by atoms with E-state index < -0.39 is 29.0 Å². The third kappa shape index (κ3) is 3.29. The fourth-order valence-corrected chi connectivity index (χ4v) is 1.69. The van der Waals surface area contributed by atoms with Crippen molar-refractivity contribution in [1.82, 2.24) is 4.98 Å². The molecular formula is C13H11F3N4O. The number of benzene rings is 1. The van der Waals surface area contributed by atoms with Gasteiger partial charge in [0.25, 0.3) is 5.91 Å². The van der Waals surface area contributed by atoms with Crippen LogP contribution in [0.3, 0.4) is 0 Å². The van der Waals surface area contributed by atoms with E-state index in [1.54, 1.807) is 6.92 Å². The first-order valence-corrected chi connectivity index (χ1v) is 5.82. The van der Waals surface area contributed by atoms with Crippen molar-refractivity contribution in [2.24, 2.45) is 5.84 Å². The van der Waals surface area contributed by atoms with Gasteiger partial charge in [-0.1, -0.05) is 0 Å². The fraction of sp³-hybridized carbons (Fsp3) is 0.0769. The highest BCUT2D eigenvalue weighted by atomic mass is 19.2. The zero-order valence-corrected chi connectivity index (χ0v) is 10.9. The summed E-state index contributed by atoms with van der Waals surface area (Å²) in [6.07, 6.45) is 0. The van der Waals surface area contributed by atoms with Crippen LogP contribution >= 0.6 is 0 Å². The summed E-state index contributed by atoms with van der Waals surface area (Å²) < 4.78 is 39.3. The maximum Gasteiger partial charge on any atom is 0.255 e. The van der Waals surface area contributed by atoms with E-state index in [2.05, 4.69) is 15.7 Å². The lowest BCUT2D eigenvalue weighted by atomic mass is 10.2. The van der Waals surface area contributed by atoms with Gasteiger partial charge in [-0.25, -0.2) is 24.0 Å². The van der Waals surface area contributed by atoms with Crippen molar-refractivity contribution < 1.29 is 18.0 Å². The van der Waals surface area contributed by atoms with Crippen molar-refractivity contribution in [1.29, 1.82) is 0 Å². The van der Waals surface area contributed by atoms with Crippen LogP contribution in [-0.4, -0.2) is 10.9 Å². The largest absolute Gasteiger partial charge is 0.319 e. The number of hydrazine groups is 1. The van der Waals surface area contributed by atoms with Crippen LogP contribution < -0.4 is 16.6 Å². The number of halogens is 3. The summed E-state index contributed by atoms with van der Waals surface area (Å²) in [7, 11) is 0. The molecule has 4 N–H and O–H groups in total. The van der Waals surface area contributed by atoms with Gasteiger partial charge in [0.1, 0.15) is 11.6 Å². The number of hydrogen-bond donors (Lipinski definition) is 3. The first-order valence-electron chi connectivity index (χ1n) is 5.82. The Hall–Kier alpha value is -2.61. The normalized spacial score (nSPS) is 10.3. The highest BCUT2D eigenvalue weighted by Gasteiger charge is 2.14. The van der Waals surface area contributed by atoms with Gasteiger partial charge in [-0.05, 0) is 19.1 Å². The molecule has 0 saturated carbocycles. The van der Waals surface area contributed by atoms with Gasteiger partial charge in [0.15, 0.2) is 11.6 Å². The van der Waals surface area contributed by atoms with E-state index in [1.165, 1.54) is 12.1 Å². The molecule has 0 atom stereocenters. The molecule has 2 rings (SSSR count). The molecule has 0 aliphatic carbocycles. The van der Waals surface area contributed by atoms with Gasteiger partial charge in [0.2, 0.25) is 0 Å². The van der Waals surface area contributed by atoms with Crippen LogP contribution in [0.15, 0.2) is 24.3 Å². The third-order valence-electron chi connectivity index (χ3n) is 2.62. The van der Waals surface area contributed by atoms with Gasteiger partial charge < -0.3 is 10.7 Å². The monoisotopic (exact) mass is 296 g/mol. The summed E-state index contributed by atoms with van der Waals surface area (Å²) >= 11 is 0. The maximum atomic E-state index is 13.5. The number of aromatic nitrogens is 1. The minimum atomic E-state index is -1.33. The summed E-state index contributed by atoms with van der Waals surface area (Å²) in [4.78, 5) is 16.0. The number of carbonyl (C=O) groups is 1. The van der Waals surface area contributed by atoms with Crippen LogP contribution in [-0.2, 0) is 0 Å². The molecule has 0 spiro atoms. The van der Waals surface area contributed by atoms with Crippen LogP contribution in [0.1, 0.15) is 16.1 Å². The Morgan fingerprint density at radius 3 is 2.43 bits per heavy atom. The number of rotatable bonds is 3. The number of nitrogens with one attached hydrogen (secondary N) is 2. The van der Waals surface area contributed by atoms with E-state index in [0.717, 1.165) is 0 Å².